The first-order valence-electron chi connectivity index (χ1n) is 23.1. The van der Waals surface area contributed by atoms with Crippen LogP contribution in [0, 0.1) is 11.7 Å². The lowest BCUT2D eigenvalue weighted by Crippen LogP contribution is -2.57. The van der Waals surface area contributed by atoms with Crippen LogP contribution < -0.4 is 10.9 Å². The number of benzene rings is 2. The van der Waals surface area contributed by atoms with Crippen LogP contribution in [-0.2, 0) is 25.5 Å². The number of rotatable bonds is 10. The van der Waals surface area contributed by atoms with Gasteiger partial charge in [-0.1, -0.05) is 57.4 Å². The van der Waals surface area contributed by atoms with Gasteiger partial charge in [0, 0.05) is 64.2 Å². The Hall–Kier alpha value is -4.89. The average molecular weight is 874 g/mol. The maximum Gasteiger partial charge on any atom is 0.408 e. The van der Waals surface area contributed by atoms with Crippen molar-refractivity contribution in [1.82, 2.24) is 35.1 Å². The Balaban J connectivity index is 0.00000326. The molecule has 3 aliphatic heterocycles. The number of piperazine rings is 1. The lowest BCUT2D eigenvalue weighted by molar-refractivity contribution is -0.150. The number of ether oxygens (including phenoxy) is 2. The highest BCUT2D eigenvalue weighted by Crippen LogP contribution is 2.33. The van der Waals surface area contributed by atoms with Crippen LogP contribution >= 0.6 is 0 Å². The van der Waals surface area contributed by atoms with Crippen molar-refractivity contribution >= 4 is 34.6 Å². The minimum Gasteiger partial charge on any atom is -0.444 e. The number of hydrogen-bond donors (Lipinski definition) is 2. The fourth-order valence-corrected chi connectivity index (χ4v) is 9.35. The quantitative estimate of drug-likeness (QED) is 0.239. The molecule has 7 rings (SSSR count). The van der Waals surface area contributed by atoms with Crippen LogP contribution in [0.25, 0.3) is 10.8 Å². The number of nitrogens with zero attached hydrogens (tertiary/aromatic N) is 5. The molecule has 1 saturated carbocycles. The van der Waals surface area contributed by atoms with Gasteiger partial charge in [0.15, 0.2) is 0 Å². The van der Waals surface area contributed by atoms with Crippen LogP contribution in [0.3, 0.4) is 0 Å². The zero-order valence-corrected chi connectivity index (χ0v) is 38.2. The summed E-state index contributed by atoms with van der Waals surface area (Å²) in [5.74, 6) is -0.945. The Kier molecular flexibility index (Phi) is 16.0. The standard InChI is InChI=1S/C46H62FN7O7.C2H6/c1-45(2,3)61-44(59)48-40(32-10-6-5-7-11-32)43(58)53-22-18-46(4,19-23-53)60-33-16-20-51(21-17-33)30-39(55)52-24-26-54(27-25-52)42(57)36-28-31(14-15-37(36)47)29-38-34-12-8-9-13-35(34)41(56)50-49-38;1-2/h8-9,12-15,28,32-33,40H,5-7,10-11,16-27,29-30H2,1-4H3,(H,48,59)(H,50,56);1-2H3. The molecule has 1 atom stereocenters. The number of alkyl carbamates (subject to hydrolysis) is 1. The first kappa shape index (κ1) is 47.6. The fraction of sp³-hybridized carbons (Fsp3) is 0.625. The topological polar surface area (TPSA) is 157 Å². The number of piperidine rings is 2. The van der Waals surface area contributed by atoms with Gasteiger partial charge in [-0.25, -0.2) is 14.3 Å². The predicted molar refractivity (Wildman–Crippen MR) is 240 cm³/mol. The molecule has 4 heterocycles. The molecule has 4 aliphatic rings. The fourth-order valence-electron chi connectivity index (χ4n) is 9.35. The van der Waals surface area contributed by atoms with Crippen molar-refractivity contribution in [2.45, 2.75) is 129 Å². The molecular formula is C48H68FN7O7. The maximum atomic E-state index is 15.0. The van der Waals surface area contributed by atoms with E-state index in [0.29, 0.717) is 87.1 Å². The number of nitrogens with one attached hydrogen (secondary N) is 2. The van der Waals surface area contributed by atoms with Crippen LogP contribution in [0.4, 0.5) is 9.18 Å². The summed E-state index contributed by atoms with van der Waals surface area (Å²) in [6, 6.07) is 11.0. The summed E-state index contributed by atoms with van der Waals surface area (Å²) in [6.07, 6.45) is 7.94. The van der Waals surface area contributed by atoms with Gasteiger partial charge in [-0.05, 0) is 95.9 Å². The number of halogens is 1. The summed E-state index contributed by atoms with van der Waals surface area (Å²) in [6.45, 7) is 15.8. The van der Waals surface area contributed by atoms with Gasteiger partial charge in [0.2, 0.25) is 11.8 Å². The normalized spacial score (nSPS) is 19.5. The van der Waals surface area contributed by atoms with Crippen LogP contribution in [0.5, 0.6) is 0 Å². The van der Waals surface area contributed by atoms with Crippen molar-refractivity contribution in [3.05, 3.63) is 75.5 Å². The van der Waals surface area contributed by atoms with Gasteiger partial charge in [-0.15, -0.1) is 0 Å². The molecular weight excluding hydrogens is 806 g/mol. The molecule has 3 saturated heterocycles. The van der Waals surface area contributed by atoms with Gasteiger partial charge in [0.1, 0.15) is 17.5 Å². The Morgan fingerprint density at radius 3 is 2.14 bits per heavy atom. The smallest absolute Gasteiger partial charge is 0.408 e. The monoisotopic (exact) mass is 874 g/mol. The highest BCUT2D eigenvalue weighted by atomic mass is 19.1. The van der Waals surface area contributed by atoms with Crippen LogP contribution in [-0.4, -0.2) is 136 Å². The molecule has 1 aliphatic carbocycles. The van der Waals surface area contributed by atoms with Gasteiger partial charge in [-0.2, -0.15) is 5.10 Å². The number of amides is 4. The largest absolute Gasteiger partial charge is 0.444 e. The van der Waals surface area contributed by atoms with Crippen molar-refractivity contribution in [2.75, 3.05) is 58.9 Å². The second-order valence-electron chi connectivity index (χ2n) is 18.6. The number of likely N-dealkylation sites (tertiary alicyclic amines) is 2. The SMILES string of the molecule is CC.CC(C)(C)OC(=O)NC(C(=O)N1CCC(C)(OC2CCN(CC(=O)N3CCN(C(=O)c4cc(Cc5n[nH]c(=O)c6ccccc56)ccc4F)CC3)CC2)CC1)C1CCCCC1. The first-order chi connectivity index (χ1) is 30.1. The van der Waals surface area contributed by atoms with Gasteiger partial charge in [-0.3, -0.25) is 24.1 Å². The van der Waals surface area contributed by atoms with E-state index in [4.69, 9.17) is 9.47 Å². The zero-order chi connectivity index (χ0) is 45.3. The number of aromatic nitrogens is 2. The van der Waals surface area contributed by atoms with Crippen molar-refractivity contribution in [2.24, 2.45) is 5.92 Å². The van der Waals surface area contributed by atoms with E-state index in [9.17, 15) is 24.0 Å². The Morgan fingerprint density at radius 2 is 1.49 bits per heavy atom. The Bertz CT molecular complexity index is 2110. The Morgan fingerprint density at radius 1 is 0.857 bits per heavy atom. The van der Waals surface area contributed by atoms with Crippen molar-refractivity contribution in [1.29, 1.82) is 0 Å². The highest BCUT2D eigenvalue weighted by molar-refractivity contribution is 5.95. The van der Waals surface area contributed by atoms with Gasteiger partial charge >= 0.3 is 6.09 Å². The van der Waals surface area contributed by atoms with Crippen LogP contribution in [0.1, 0.15) is 121 Å². The molecule has 15 heteroatoms. The number of carbonyl (C=O) groups excluding carboxylic acids is 4. The molecule has 344 valence electrons. The molecule has 4 amide bonds. The first-order valence-corrected chi connectivity index (χ1v) is 23.1. The Labute approximate surface area is 371 Å². The molecule has 63 heavy (non-hydrogen) atoms. The van der Waals surface area contributed by atoms with E-state index in [1.54, 1.807) is 34.1 Å². The van der Waals surface area contributed by atoms with Crippen molar-refractivity contribution in [3.63, 3.8) is 0 Å². The van der Waals surface area contributed by atoms with E-state index in [1.165, 1.54) is 6.07 Å². The van der Waals surface area contributed by atoms with E-state index in [-0.39, 0.29) is 40.6 Å². The highest BCUT2D eigenvalue weighted by Gasteiger charge is 2.40. The van der Waals surface area contributed by atoms with Crippen molar-refractivity contribution in [3.8, 4) is 0 Å². The average Bonchev–Trinajstić information content (AvgIpc) is 3.28. The number of fused-ring (bicyclic) bond motifs is 1. The van der Waals surface area contributed by atoms with Crippen LogP contribution in [0.2, 0.25) is 0 Å². The van der Waals surface area contributed by atoms with E-state index < -0.39 is 29.5 Å². The van der Waals surface area contributed by atoms with E-state index >= 15 is 4.39 Å². The van der Waals surface area contributed by atoms with Gasteiger partial charge in [0.05, 0.1) is 34.9 Å². The molecule has 3 aromatic rings. The molecule has 2 N–H and O–H groups in total. The van der Waals surface area contributed by atoms with E-state index in [0.717, 1.165) is 58.0 Å². The molecule has 1 aromatic heterocycles. The summed E-state index contributed by atoms with van der Waals surface area (Å²) in [4.78, 5) is 73.3. The third-order valence-corrected chi connectivity index (χ3v) is 12.9. The number of aromatic amines is 1. The van der Waals surface area contributed by atoms with E-state index in [2.05, 4.69) is 27.3 Å². The molecule has 4 fully saturated rings. The van der Waals surface area contributed by atoms with Gasteiger partial charge in [0.25, 0.3) is 11.5 Å². The minimum atomic E-state index is -0.649. The van der Waals surface area contributed by atoms with E-state index in [1.807, 2.05) is 51.7 Å². The second kappa shape index (κ2) is 21.2. The number of carbonyl (C=O) groups is 4. The second-order valence-corrected chi connectivity index (χ2v) is 18.6. The maximum absolute atomic E-state index is 15.0. The van der Waals surface area contributed by atoms with Crippen molar-refractivity contribution < 1.29 is 33.0 Å². The lowest BCUT2D eigenvalue weighted by atomic mass is 9.82. The number of hydrogen-bond acceptors (Lipinski definition) is 9. The molecule has 2 aromatic carbocycles. The predicted octanol–water partition coefficient (Wildman–Crippen LogP) is 6.30. The summed E-state index contributed by atoms with van der Waals surface area (Å²) >= 11 is 0. The third kappa shape index (κ3) is 12.4. The summed E-state index contributed by atoms with van der Waals surface area (Å²) in [5.41, 5.74) is -0.0107. The molecule has 0 radical (unpaired) electrons. The van der Waals surface area contributed by atoms with Crippen LogP contribution in [0.15, 0.2) is 47.3 Å². The van der Waals surface area contributed by atoms with Gasteiger partial charge < -0.3 is 29.5 Å². The zero-order valence-electron chi connectivity index (χ0n) is 38.2. The molecule has 14 nitrogen and oxygen atoms in total. The molecule has 0 spiro atoms. The molecule has 0 bridgehead atoms. The summed E-state index contributed by atoms with van der Waals surface area (Å²) in [7, 11) is 0. The minimum absolute atomic E-state index is 0.0111. The summed E-state index contributed by atoms with van der Waals surface area (Å²) < 4.78 is 27.3. The lowest BCUT2D eigenvalue weighted by Gasteiger charge is -2.44. The summed E-state index contributed by atoms with van der Waals surface area (Å²) in [5, 5.41) is 10.9. The number of H-pyrrole nitrogens is 1. The third-order valence-electron chi connectivity index (χ3n) is 12.9. The molecule has 1 unspecified atom stereocenters.